The first-order valence-corrected chi connectivity index (χ1v) is 9.16. The van der Waals surface area contributed by atoms with E-state index in [1.807, 2.05) is 12.1 Å². The van der Waals surface area contributed by atoms with Crippen molar-refractivity contribution in [2.45, 2.75) is 30.6 Å². The van der Waals surface area contributed by atoms with Crippen molar-refractivity contribution in [2.24, 2.45) is 5.41 Å². The smallest absolute Gasteiger partial charge is 0.179 e. The number of hydrogen-bond acceptors (Lipinski definition) is 2. The summed E-state index contributed by atoms with van der Waals surface area (Å²) in [6.07, 6.45) is 1.78. The van der Waals surface area contributed by atoms with Gasteiger partial charge in [0.2, 0.25) is 0 Å². The molecule has 1 aliphatic heterocycles. The largest absolute Gasteiger partial charge is 0.224 e. The zero-order valence-corrected chi connectivity index (χ0v) is 13.2. The predicted molar refractivity (Wildman–Crippen MR) is 80.0 cm³/mol. The molecule has 1 atom stereocenters. The van der Waals surface area contributed by atoms with E-state index >= 15 is 0 Å². The van der Waals surface area contributed by atoms with Crippen molar-refractivity contribution in [2.75, 3.05) is 17.5 Å². The van der Waals surface area contributed by atoms with E-state index in [4.69, 9.17) is 23.2 Å². The van der Waals surface area contributed by atoms with Gasteiger partial charge >= 0.3 is 0 Å². The third-order valence-corrected chi connectivity index (χ3v) is 6.91. The highest BCUT2D eigenvalue weighted by Gasteiger charge is 2.46. The summed E-state index contributed by atoms with van der Waals surface area (Å²) in [5, 5.41) is 0. The van der Waals surface area contributed by atoms with Crippen LogP contribution in [0.15, 0.2) is 29.2 Å². The normalized spacial score (nSPS) is 21.3. The van der Waals surface area contributed by atoms with Gasteiger partial charge in [-0.2, -0.15) is 0 Å². The van der Waals surface area contributed by atoms with E-state index in [1.54, 1.807) is 12.1 Å². The molecule has 0 aliphatic carbocycles. The van der Waals surface area contributed by atoms with Crippen LogP contribution in [0.5, 0.6) is 0 Å². The van der Waals surface area contributed by atoms with Gasteiger partial charge in [0.1, 0.15) is 0 Å². The summed E-state index contributed by atoms with van der Waals surface area (Å²) in [7, 11) is -3.19. The molecule has 0 saturated heterocycles. The second-order valence-corrected chi connectivity index (χ2v) is 7.79. The lowest BCUT2D eigenvalue weighted by Crippen LogP contribution is -2.34. The van der Waals surface area contributed by atoms with E-state index in [9.17, 15) is 8.42 Å². The molecule has 1 heterocycles. The maximum Gasteiger partial charge on any atom is 0.179 e. The van der Waals surface area contributed by atoms with E-state index < -0.39 is 9.84 Å². The van der Waals surface area contributed by atoms with Gasteiger partial charge in [0, 0.05) is 23.1 Å². The molecule has 1 aromatic rings. The van der Waals surface area contributed by atoms with Gasteiger partial charge < -0.3 is 0 Å². The van der Waals surface area contributed by atoms with Gasteiger partial charge in [-0.05, 0) is 18.1 Å². The molecule has 0 spiro atoms. The summed E-state index contributed by atoms with van der Waals surface area (Å²) < 4.78 is 24.5. The molecule has 5 heteroatoms. The average molecular weight is 321 g/mol. The number of hydrogen-bond donors (Lipinski definition) is 0. The van der Waals surface area contributed by atoms with Crippen LogP contribution < -0.4 is 0 Å². The monoisotopic (exact) mass is 320 g/mol. The SMILES string of the molecule is CCCC(CCl)(CCl)C1CS(=O)(=O)c2ccccc21. The summed E-state index contributed by atoms with van der Waals surface area (Å²) in [5.41, 5.74) is 0.551. The minimum atomic E-state index is -3.19. The Bertz CT molecular complexity index is 550. The van der Waals surface area contributed by atoms with Crippen LogP contribution in [-0.4, -0.2) is 25.9 Å². The van der Waals surface area contributed by atoms with Crippen LogP contribution in [-0.2, 0) is 9.84 Å². The Balaban J connectivity index is 2.53. The minimum absolute atomic E-state index is 0.0938. The second-order valence-electron chi connectivity index (χ2n) is 5.25. The molecule has 0 saturated carbocycles. The van der Waals surface area contributed by atoms with Crippen LogP contribution in [0, 0.1) is 5.41 Å². The molecular formula is C14H18Cl2O2S. The van der Waals surface area contributed by atoms with Gasteiger partial charge in [0.15, 0.2) is 9.84 Å². The zero-order valence-electron chi connectivity index (χ0n) is 10.9. The van der Waals surface area contributed by atoms with Crippen LogP contribution in [0.25, 0.3) is 0 Å². The highest BCUT2D eigenvalue weighted by Crippen LogP contribution is 2.49. The van der Waals surface area contributed by atoms with Crippen molar-refractivity contribution >= 4 is 33.0 Å². The van der Waals surface area contributed by atoms with E-state index in [0.717, 1.165) is 18.4 Å². The Labute approximate surface area is 125 Å². The molecular weight excluding hydrogens is 303 g/mol. The number of benzene rings is 1. The van der Waals surface area contributed by atoms with Gasteiger partial charge in [-0.3, -0.25) is 0 Å². The fourth-order valence-corrected chi connectivity index (χ4v) is 5.92. The average Bonchev–Trinajstić information content (AvgIpc) is 2.69. The molecule has 1 aliphatic rings. The summed E-state index contributed by atoms with van der Waals surface area (Å²) >= 11 is 12.3. The van der Waals surface area contributed by atoms with Crippen LogP contribution in [0.4, 0.5) is 0 Å². The maximum atomic E-state index is 12.3. The molecule has 0 radical (unpaired) electrons. The fourth-order valence-electron chi connectivity index (χ4n) is 2.98. The molecule has 0 bridgehead atoms. The number of alkyl halides is 2. The van der Waals surface area contributed by atoms with Gasteiger partial charge in [-0.1, -0.05) is 31.5 Å². The van der Waals surface area contributed by atoms with Crippen LogP contribution in [0.3, 0.4) is 0 Å². The third kappa shape index (κ3) is 2.53. The van der Waals surface area contributed by atoms with Gasteiger partial charge in [-0.15, -0.1) is 23.2 Å². The predicted octanol–water partition coefficient (Wildman–Crippen LogP) is 3.82. The summed E-state index contributed by atoms with van der Waals surface area (Å²) in [5.74, 6) is 0.812. The topological polar surface area (TPSA) is 34.1 Å². The third-order valence-electron chi connectivity index (χ3n) is 4.03. The van der Waals surface area contributed by atoms with Crippen molar-refractivity contribution in [3.63, 3.8) is 0 Å². The standard InChI is InChI=1S/C14H18Cl2O2S/c1-2-7-14(9-15,10-16)12-8-19(17,18)13-6-4-3-5-11(12)13/h3-6,12H,2,7-10H2,1H3. The van der Waals surface area contributed by atoms with E-state index in [2.05, 4.69) is 6.92 Å². The first-order chi connectivity index (χ1) is 9.00. The highest BCUT2D eigenvalue weighted by atomic mass is 35.5. The fraction of sp³-hybridized carbons (Fsp3) is 0.571. The lowest BCUT2D eigenvalue weighted by Gasteiger charge is -2.35. The minimum Gasteiger partial charge on any atom is -0.224 e. The van der Waals surface area contributed by atoms with Gasteiger partial charge in [0.05, 0.1) is 10.6 Å². The molecule has 19 heavy (non-hydrogen) atoms. The van der Waals surface area contributed by atoms with Crippen molar-refractivity contribution in [3.8, 4) is 0 Å². The molecule has 0 fully saturated rings. The first-order valence-electron chi connectivity index (χ1n) is 6.44. The van der Waals surface area contributed by atoms with E-state index in [-0.39, 0.29) is 17.1 Å². The Kier molecular flexibility index (Phi) is 4.49. The van der Waals surface area contributed by atoms with Gasteiger partial charge in [-0.25, -0.2) is 8.42 Å². The highest BCUT2D eigenvalue weighted by molar-refractivity contribution is 7.91. The quantitative estimate of drug-likeness (QED) is 0.773. The van der Waals surface area contributed by atoms with Crippen molar-refractivity contribution < 1.29 is 8.42 Å². The molecule has 106 valence electrons. The van der Waals surface area contributed by atoms with E-state index in [0.29, 0.717) is 16.7 Å². The lowest BCUT2D eigenvalue weighted by atomic mass is 9.73. The van der Waals surface area contributed by atoms with Crippen molar-refractivity contribution in [3.05, 3.63) is 29.8 Å². The number of rotatable bonds is 5. The molecule has 0 amide bonds. The summed E-state index contributed by atoms with van der Waals surface area (Å²) in [6.45, 7) is 2.07. The Morgan fingerprint density at radius 1 is 1.26 bits per heavy atom. The second kappa shape index (κ2) is 5.63. The summed E-state index contributed by atoms with van der Waals surface area (Å²) in [6, 6.07) is 7.23. The Morgan fingerprint density at radius 3 is 2.47 bits per heavy atom. The summed E-state index contributed by atoms with van der Waals surface area (Å²) in [4.78, 5) is 0.454. The lowest BCUT2D eigenvalue weighted by molar-refractivity contribution is 0.287. The number of fused-ring (bicyclic) bond motifs is 1. The number of halogens is 2. The van der Waals surface area contributed by atoms with Crippen LogP contribution in [0.1, 0.15) is 31.2 Å². The molecule has 2 nitrogen and oxygen atoms in total. The van der Waals surface area contributed by atoms with E-state index in [1.165, 1.54) is 0 Å². The first kappa shape index (κ1) is 15.1. The Morgan fingerprint density at radius 2 is 1.89 bits per heavy atom. The molecule has 0 N–H and O–H groups in total. The van der Waals surface area contributed by atoms with Crippen LogP contribution >= 0.6 is 23.2 Å². The molecule has 2 rings (SSSR count). The number of sulfone groups is 1. The maximum absolute atomic E-state index is 12.3. The molecule has 1 aromatic carbocycles. The molecule has 1 unspecified atom stereocenters. The molecule has 0 aromatic heterocycles. The van der Waals surface area contributed by atoms with Gasteiger partial charge in [0.25, 0.3) is 0 Å². The van der Waals surface area contributed by atoms with Crippen molar-refractivity contribution in [1.29, 1.82) is 0 Å². The Hall–Kier alpha value is -0.250. The zero-order chi connectivity index (χ0) is 14.1. The van der Waals surface area contributed by atoms with Crippen LogP contribution in [0.2, 0.25) is 0 Å². The van der Waals surface area contributed by atoms with Crippen molar-refractivity contribution in [1.82, 2.24) is 0 Å².